The van der Waals surface area contributed by atoms with Crippen molar-refractivity contribution < 1.29 is 27.8 Å². The maximum atomic E-state index is 12.8. The molecule has 1 aromatic rings. The zero-order valence-corrected chi connectivity index (χ0v) is 11.1. The Morgan fingerprint density at radius 2 is 2.05 bits per heavy atom. The Labute approximate surface area is 118 Å². The fourth-order valence-electron chi connectivity index (χ4n) is 2.01. The summed E-state index contributed by atoms with van der Waals surface area (Å²) >= 11 is 0. The summed E-state index contributed by atoms with van der Waals surface area (Å²) in [5, 5.41) is 14.1. The van der Waals surface area contributed by atoms with Crippen LogP contribution in [0, 0.1) is 0 Å². The van der Waals surface area contributed by atoms with Gasteiger partial charge in [0, 0.05) is 5.56 Å². The minimum absolute atomic E-state index is 0.0446. The summed E-state index contributed by atoms with van der Waals surface area (Å²) in [6.07, 6.45) is -6.72. The van der Waals surface area contributed by atoms with Gasteiger partial charge in [0.05, 0.1) is 13.0 Å². The van der Waals surface area contributed by atoms with E-state index in [9.17, 15) is 23.1 Å². The van der Waals surface area contributed by atoms with Crippen LogP contribution in [0.5, 0.6) is 0 Å². The quantitative estimate of drug-likeness (QED) is 0.913. The standard InChI is InChI=1S/C13H13F3N2O3/c1-2-21-11(19)18-12(20,9-6-4-3-5-7-9)8-10(17-18)13(14,15)16/h3-7,20H,2,8H2,1H3/t12-/m0/s1. The summed E-state index contributed by atoms with van der Waals surface area (Å²) in [4.78, 5) is 11.8. The first kappa shape index (κ1) is 15.3. The maximum Gasteiger partial charge on any atom is 0.433 e. The van der Waals surface area contributed by atoms with Crippen LogP contribution in [0.2, 0.25) is 0 Å². The van der Waals surface area contributed by atoms with E-state index in [0.717, 1.165) is 0 Å². The molecule has 1 aliphatic heterocycles. The van der Waals surface area contributed by atoms with Gasteiger partial charge in [-0.3, -0.25) is 0 Å². The third-order valence-corrected chi connectivity index (χ3v) is 2.99. The molecule has 0 aliphatic carbocycles. The summed E-state index contributed by atoms with van der Waals surface area (Å²) in [6.45, 7) is 1.46. The van der Waals surface area contributed by atoms with E-state index in [1.54, 1.807) is 18.2 Å². The van der Waals surface area contributed by atoms with Crippen LogP contribution in [0.4, 0.5) is 18.0 Å². The first-order valence-corrected chi connectivity index (χ1v) is 6.18. The molecule has 1 N–H and O–H groups in total. The number of aliphatic hydroxyl groups is 1. The van der Waals surface area contributed by atoms with E-state index in [4.69, 9.17) is 0 Å². The SMILES string of the molecule is CCOC(=O)N1N=C(C(F)(F)F)C[C@]1(O)c1ccccc1. The topological polar surface area (TPSA) is 62.1 Å². The number of alkyl halides is 3. The molecular formula is C13H13F3N2O3. The molecule has 0 saturated heterocycles. The largest absolute Gasteiger partial charge is 0.448 e. The number of ether oxygens (including phenoxy) is 1. The number of hydrogen-bond acceptors (Lipinski definition) is 4. The molecule has 1 aliphatic rings. The fourth-order valence-corrected chi connectivity index (χ4v) is 2.01. The van der Waals surface area contributed by atoms with Crippen molar-refractivity contribution >= 4 is 11.8 Å². The third-order valence-electron chi connectivity index (χ3n) is 2.99. The lowest BCUT2D eigenvalue weighted by molar-refractivity contribution is -0.0889. The number of hydrogen-bond donors (Lipinski definition) is 1. The highest BCUT2D eigenvalue weighted by Gasteiger charge is 2.53. The zero-order valence-electron chi connectivity index (χ0n) is 11.1. The van der Waals surface area contributed by atoms with Gasteiger partial charge in [-0.25, -0.2) is 4.79 Å². The molecule has 21 heavy (non-hydrogen) atoms. The number of nitrogens with zero attached hydrogens (tertiary/aromatic N) is 2. The van der Waals surface area contributed by atoms with Gasteiger partial charge in [0.25, 0.3) is 0 Å². The Morgan fingerprint density at radius 1 is 1.43 bits per heavy atom. The molecule has 0 saturated carbocycles. The number of amides is 1. The van der Waals surface area contributed by atoms with Crippen molar-refractivity contribution in [1.29, 1.82) is 0 Å². The predicted molar refractivity (Wildman–Crippen MR) is 67.3 cm³/mol. The van der Waals surface area contributed by atoms with Crippen molar-refractivity contribution in [3.05, 3.63) is 35.9 Å². The maximum absolute atomic E-state index is 12.8. The Balaban J connectivity index is 2.43. The molecule has 0 aromatic heterocycles. The highest BCUT2D eigenvalue weighted by Crippen LogP contribution is 2.39. The second kappa shape index (κ2) is 5.36. The van der Waals surface area contributed by atoms with Gasteiger partial charge >= 0.3 is 12.3 Å². The van der Waals surface area contributed by atoms with Crippen molar-refractivity contribution in [3.8, 4) is 0 Å². The smallest absolute Gasteiger partial charge is 0.433 e. The highest BCUT2D eigenvalue weighted by atomic mass is 19.4. The van der Waals surface area contributed by atoms with Crippen molar-refractivity contribution in [3.63, 3.8) is 0 Å². The van der Waals surface area contributed by atoms with E-state index in [2.05, 4.69) is 9.84 Å². The van der Waals surface area contributed by atoms with Gasteiger partial charge in [-0.15, -0.1) is 0 Å². The van der Waals surface area contributed by atoms with Crippen LogP contribution in [0.1, 0.15) is 18.9 Å². The van der Waals surface area contributed by atoms with E-state index in [-0.39, 0.29) is 12.2 Å². The molecule has 8 heteroatoms. The Morgan fingerprint density at radius 3 is 2.57 bits per heavy atom. The molecule has 0 unspecified atom stereocenters. The van der Waals surface area contributed by atoms with E-state index in [0.29, 0.717) is 5.01 Å². The Kier molecular flexibility index (Phi) is 3.91. The van der Waals surface area contributed by atoms with E-state index >= 15 is 0 Å². The lowest BCUT2D eigenvalue weighted by Gasteiger charge is -2.30. The molecule has 114 valence electrons. The van der Waals surface area contributed by atoms with Gasteiger partial charge in [0.1, 0.15) is 5.71 Å². The normalized spacial score (nSPS) is 22.1. The van der Waals surface area contributed by atoms with Crippen molar-refractivity contribution in [1.82, 2.24) is 5.01 Å². The first-order chi connectivity index (χ1) is 9.79. The van der Waals surface area contributed by atoms with Gasteiger partial charge in [0.2, 0.25) is 0 Å². The number of halogens is 3. The Bertz CT molecular complexity index is 560. The second-order valence-corrected chi connectivity index (χ2v) is 4.41. The van der Waals surface area contributed by atoms with Crippen LogP contribution in [0.25, 0.3) is 0 Å². The van der Waals surface area contributed by atoms with Crippen LogP contribution in [-0.2, 0) is 10.5 Å². The zero-order chi connectivity index (χ0) is 15.7. The highest BCUT2D eigenvalue weighted by molar-refractivity contribution is 5.93. The molecule has 1 aromatic carbocycles. The molecular weight excluding hydrogens is 289 g/mol. The molecule has 2 rings (SSSR count). The number of rotatable bonds is 2. The predicted octanol–water partition coefficient (Wildman–Crippen LogP) is 2.61. The lowest BCUT2D eigenvalue weighted by Crippen LogP contribution is -2.44. The van der Waals surface area contributed by atoms with Crippen LogP contribution in [0.3, 0.4) is 0 Å². The van der Waals surface area contributed by atoms with E-state index in [1.165, 1.54) is 19.1 Å². The van der Waals surface area contributed by atoms with Gasteiger partial charge < -0.3 is 9.84 Å². The summed E-state index contributed by atoms with van der Waals surface area (Å²) in [7, 11) is 0. The molecule has 1 heterocycles. The summed E-state index contributed by atoms with van der Waals surface area (Å²) in [5.74, 6) is 0. The van der Waals surface area contributed by atoms with Crippen LogP contribution in [-0.4, -0.2) is 34.7 Å². The molecule has 1 atom stereocenters. The molecule has 0 radical (unpaired) electrons. The number of hydrazone groups is 1. The number of carbonyl (C=O) groups excluding carboxylic acids is 1. The van der Waals surface area contributed by atoms with Crippen LogP contribution < -0.4 is 0 Å². The van der Waals surface area contributed by atoms with E-state index < -0.39 is 30.1 Å². The minimum Gasteiger partial charge on any atom is -0.448 e. The van der Waals surface area contributed by atoms with Crippen molar-refractivity contribution in [2.75, 3.05) is 6.61 Å². The van der Waals surface area contributed by atoms with Gasteiger partial charge in [-0.1, -0.05) is 30.3 Å². The third kappa shape index (κ3) is 2.85. The summed E-state index contributed by atoms with van der Waals surface area (Å²) < 4.78 is 43.1. The van der Waals surface area contributed by atoms with Crippen LogP contribution in [0.15, 0.2) is 35.4 Å². The van der Waals surface area contributed by atoms with Gasteiger partial charge in [-0.05, 0) is 6.92 Å². The number of benzene rings is 1. The van der Waals surface area contributed by atoms with Crippen molar-refractivity contribution in [2.24, 2.45) is 5.10 Å². The fraction of sp³-hybridized carbons (Fsp3) is 0.385. The molecule has 5 nitrogen and oxygen atoms in total. The summed E-state index contributed by atoms with van der Waals surface area (Å²) in [5.41, 5.74) is -3.32. The molecule has 0 spiro atoms. The Hall–Kier alpha value is -2.09. The number of carbonyl (C=O) groups is 1. The van der Waals surface area contributed by atoms with Gasteiger partial charge in [-0.2, -0.15) is 23.3 Å². The van der Waals surface area contributed by atoms with Gasteiger partial charge in [0.15, 0.2) is 5.72 Å². The molecule has 1 amide bonds. The second-order valence-electron chi connectivity index (χ2n) is 4.41. The first-order valence-electron chi connectivity index (χ1n) is 6.18. The summed E-state index contributed by atoms with van der Waals surface area (Å²) in [6, 6.07) is 7.56. The minimum atomic E-state index is -4.73. The lowest BCUT2D eigenvalue weighted by atomic mass is 9.97. The average Bonchev–Trinajstić information content (AvgIpc) is 2.79. The average molecular weight is 302 g/mol. The van der Waals surface area contributed by atoms with E-state index in [1.807, 2.05) is 0 Å². The van der Waals surface area contributed by atoms with Crippen molar-refractivity contribution in [2.45, 2.75) is 25.2 Å². The monoisotopic (exact) mass is 302 g/mol. The molecule has 0 bridgehead atoms. The molecule has 0 fully saturated rings. The van der Waals surface area contributed by atoms with Crippen LogP contribution >= 0.6 is 0 Å².